The van der Waals surface area contributed by atoms with Gasteiger partial charge in [-0.2, -0.15) is 5.26 Å². The van der Waals surface area contributed by atoms with Crippen LogP contribution in [0.3, 0.4) is 0 Å². The van der Waals surface area contributed by atoms with Crippen LogP contribution >= 0.6 is 0 Å². The predicted octanol–water partition coefficient (Wildman–Crippen LogP) is 0.214. The number of rotatable bonds is 4. The van der Waals surface area contributed by atoms with Gasteiger partial charge in [-0.3, -0.25) is 4.79 Å². The van der Waals surface area contributed by atoms with Crippen molar-refractivity contribution in [2.45, 2.75) is 26.8 Å². The van der Waals surface area contributed by atoms with Gasteiger partial charge in [-0.1, -0.05) is 0 Å². The quantitative estimate of drug-likeness (QED) is 0.655. The van der Waals surface area contributed by atoms with Crippen LogP contribution < -0.4 is 5.32 Å². The number of esters is 1. The first kappa shape index (κ1) is 12.4. The molecule has 0 aromatic rings. The second-order valence-electron chi connectivity index (χ2n) is 2.83. The Labute approximate surface area is 83.0 Å². The van der Waals surface area contributed by atoms with Crippen LogP contribution in [-0.2, 0) is 14.3 Å². The van der Waals surface area contributed by atoms with E-state index in [9.17, 15) is 9.59 Å². The van der Waals surface area contributed by atoms with Gasteiger partial charge in [0.2, 0.25) is 5.91 Å². The summed E-state index contributed by atoms with van der Waals surface area (Å²) in [6, 6.07) is 1.07. The van der Waals surface area contributed by atoms with Crippen LogP contribution in [0.4, 0.5) is 0 Å². The Morgan fingerprint density at radius 3 is 2.50 bits per heavy atom. The highest BCUT2D eigenvalue weighted by molar-refractivity contribution is 5.86. The van der Waals surface area contributed by atoms with Crippen molar-refractivity contribution < 1.29 is 14.3 Å². The highest BCUT2D eigenvalue weighted by Crippen LogP contribution is 1.94. The average Bonchev–Trinajstić information content (AvgIpc) is 2.16. The van der Waals surface area contributed by atoms with Crippen molar-refractivity contribution in [1.82, 2.24) is 5.32 Å². The van der Waals surface area contributed by atoms with Crippen molar-refractivity contribution in [3.8, 4) is 6.07 Å². The summed E-state index contributed by atoms with van der Waals surface area (Å²) in [6.45, 7) is 4.93. The van der Waals surface area contributed by atoms with Gasteiger partial charge in [-0.25, -0.2) is 4.79 Å². The molecule has 0 saturated carbocycles. The standard InChI is InChI=1S/C9H14N2O3/c1-4-14-9(13)7(3)11-8(12)6(2)5-10/h6-7H,4H2,1-3H3,(H,11,12). The van der Waals surface area contributed by atoms with E-state index in [1.54, 1.807) is 13.0 Å². The van der Waals surface area contributed by atoms with Crippen molar-refractivity contribution in [2.75, 3.05) is 6.61 Å². The number of nitrogens with zero attached hydrogens (tertiary/aromatic N) is 1. The van der Waals surface area contributed by atoms with Crippen molar-refractivity contribution in [3.63, 3.8) is 0 Å². The molecule has 14 heavy (non-hydrogen) atoms. The molecule has 0 bridgehead atoms. The third-order valence-corrected chi connectivity index (χ3v) is 1.59. The fourth-order valence-electron chi connectivity index (χ4n) is 0.723. The minimum absolute atomic E-state index is 0.271. The summed E-state index contributed by atoms with van der Waals surface area (Å²) in [4.78, 5) is 22.2. The molecule has 0 aliphatic rings. The number of amides is 1. The fourth-order valence-corrected chi connectivity index (χ4v) is 0.723. The predicted molar refractivity (Wildman–Crippen MR) is 49.0 cm³/mol. The van der Waals surface area contributed by atoms with Crippen LogP contribution in [-0.4, -0.2) is 24.5 Å². The number of ether oxygens (including phenoxy) is 1. The molecule has 0 aliphatic heterocycles. The van der Waals surface area contributed by atoms with E-state index in [0.717, 1.165) is 0 Å². The monoisotopic (exact) mass is 198 g/mol. The maximum atomic E-state index is 11.2. The fraction of sp³-hybridized carbons (Fsp3) is 0.667. The van der Waals surface area contributed by atoms with Crippen LogP contribution in [0.5, 0.6) is 0 Å². The number of hydrogen-bond acceptors (Lipinski definition) is 4. The van der Waals surface area contributed by atoms with Crippen LogP contribution in [0.2, 0.25) is 0 Å². The Hall–Kier alpha value is -1.57. The maximum absolute atomic E-state index is 11.2. The molecule has 5 heteroatoms. The SMILES string of the molecule is CCOC(=O)C(C)NC(=O)C(C)C#N. The van der Waals surface area contributed by atoms with Crippen molar-refractivity contribution >= 4 is 11.9 Å². The molecule has 0 saturated heterocycles. The largest absolute Gasteiger partial charge is 0.464 e. The summed E-state index contributed by atoms with van der Waals surface area (Å²) in [6.07, 6.45) is 0. The van der Waals surface area contributed by atoms with Crippen LogP contribution in [0.25, 0.3) is 0 Å². The van der Waals surface area contributed by atoms with Gasteiger partial charge in [-0.05, 0) is 20.8 Å². The molecule has 5 nitrogen and oxygen atoms in total. The molecule has 1 amide bonds. The molecule has 0 aliphatic carbocycles. The summed E-state index contributed by atoms with van der Waals surface area (Å²) >= 11 is 0. The molecule has 78 valence electrons. The normalized spacial score (nSPS) is 13.6. The van der Waals surface area contributed by atoms with Gasteiger partial charge in [-0.15, -0.1) is 0 Å². The molecular formula is C9H14N2O3. The van der Waals surface area contributed by atoms with Gasteiger partial charge in [0.1, 0.15) is 12.0 Å². The lowest BCUT2D eigenvalue weighted by molar-refractivity contribution is -0.147. The molecule has 1 N–H and O–H groups in total. The van der Waals surface area contributed by atoms with E-state index in [1.165, 1.54) is 13.8 Å². The zero-order chi connectivity index (χ0) is 11.1. The number of nitriles is 1. The average molecular weight is 198 g/mol. The first-order valence-electron chi connectivity index (χ1n) is 4.39. The van der Waals surface area contributed by atoms with Gasteiger partial charge in [0.05, 0.1) is 12.7 Å². The number of hydrogen-bond donors (Lipinski definition) is 1. The van der Waals surface area contributed by atoms with E-state index in [2.05, 4.69) is 10.1 Å². The maximum Gasteiger partial charge on any atom is 0.328 e. The molecule has 0 rings (SSSR count). The Bertz CT molecular complexity index is 257. The molecule has 0 heterocycles. The van der Waals surface area contributed by atoms with Crippen LogP contribution in [0, 0.1) is 17.2 Å². The highest BCUT2D eigenvalue weighted by Gasteiger charge is 2.19. The lowest BCUT2D eigenvalue weighted by Crippen LogP contribution is -2.41. The Morgan fingerprint density at radius 2 is 2.07 bits per heavy atom. The smallest absolute Gasteiger partial charge is 0.328 e. The lowest BCUT2D eigenvalue weighted by atomic mass is 10.2. The third-order valence-electron chi connectivity index (χ3n) is 1.59. The van der Waals surface area contributed by atoms with Gasteiger partial charge >= 0.3 is 5.97 Å². The Kier molecular flexibility index (Phi) is 5.30. The summed E-state index contributed by atoms with van der Waals surface area (Å²) in [5.41, 5.74) is 0. The minimum Gasteiger partial charge on any atom is -0.464 e. The van der Waals surface area contributed by atoms with Gasteiger partial charge in [0.25, 0.3) is 0 Å². The molecule has 0 fully saturated rings. The van der Waals surface area contributed by atoms with Gasteiger partial charge in [0, 0.05) is 0 Å². The highest BCUT2D eigenvalue weighted by atomic mass is 16.5. The topological polar surface area (TPSA) is 79.2 Å². The van der Waals surface area contributed by atoms with Gasteiger partial charge in [0.15, 0.2) is 0 Å². The first-order valence-corrected chi connectivity index (χ1v) is 4.39. The van der Waals surface area contributed by atoms with Crippen LogP contribution in [0.1, 0.15) is 20.8 Å². The molecule has 0 aromatic heterocycles. The number of nitrogens with one attached hydrogen (secondary N) is 1. The molecule has 2 unspecified atom stereocenters. The minimum atomic E-state index is -0.758. The molecule has 0 radical (unpaired) electrons. The van der Waals surface area contributed by atoms with Crippen molar-refractivity contribution in [2.24, 2.45) is 5.92 Å². The second-order valence-corrected chi connectivity index (χ2v) is 2.83. The van der Waals surface area contributed by atoms with Crippen LogP contribution in [0.15, 0.2) is 0 Å². The number of carbonyl (C=O) groups is 2. The third kappa shape index (κ3) is 3.90. The van der Waals surface area contributed by atoms with Crippen molar-refractivity contribution in [1.29, 1.82) is 5.26 Å². The van der Waals surface area contributed by atoms with E-state index in [0.29, 0.717) is 0 Å². The molecular weight excluding hydrogens is 184 g/mol. The Balaban J connectivity index is 4.07. The molecule has 2 atom stereocenters. The zero-order valence-corrected chi connectivity index (χ0v) is 8.53. The van der Waals surface area contributed by atoms with Crippen molar-refractivity contribution in [3.05, 3.63) is 0 Å². The summed E-state index contributed by atoms with van der Waals surface area (Å²) < 4.78 is 4.68. The van der Waals surface area contributed by atoms with Gasteiger partial charge < -0.3 is 10.1 Å². The second kappa shape index (κ2) is 5.97. The number of carbonyl (C=O) groups excluding carboxylic acids is 2. The van der Waals surface area contributed by atoms with E-state index >= 15 is 0 Å². The van der Waals surface area contributed by atoms with E-state index in [1.807, 2.05) is 0 Å². The Morgan fingerprint density at radius 1 is 1.50 bits per heavy atom. The zero-order valence-electron chi connectivity index (χ0n) is 8.53. The molecule has 0 aromatic carbocycles. The van der Waals surface area contributed by atoms with E-state index < -0.39 is 23.8 Å². The summed E-state index contributed by atoms with van der Waals surface area (Å²) in [5, 5.41) is 10.8. The first-order chi connectivity index (χ1) is 6.52. The molecule has 0 spiro atoms. The summed E-state index contributed by atoms with van der Waals surface area (Å²) in [7, 11) is 0. The van der Waals surface area contributed by atoms with E-state index in [-0.39, 0.29) is 6.61 Å². The lowest BCUT2D eigenvalue weighted by Gasteiger charge is -2.12. The summed E-state index contributed by atoms with van der Waals surface area (Å²) in [5.74, 6) is -1.72. The van der Waals surface area contributed by atoms with E-state index in [4.69, 9.17) is 5.26 Å².